The fourth-order valence-electron chi connectivity index (χ4n) is 3.01. The molecule has 0 aliphatic carbocycles. The molecule has 0 unspecified atom stereocenters. The van der Waals surface area contributed by atoms with E-state index in [0.717, 1.165) is 5.56 Å². The Hall–Kier alpha value is -1.95. The topological polar surface area (TPSA) is 48.0 Å². The third-order valence-electron chi connectivity index (χ3n) is 4.23. The highest BCUT2D eigenvalue weighted by Crippen LogP contribution is 2.33. The molecule has 2 heterocycles. The van der Waals surface area contributed by atoms with Crippen molar-refractivity contribution in [2.24, 2.45) is 0 Å². The molecule has 0 bridgehead atoms. The van der Waals surface area contributed by atoms with Crippen molar-refractivity contribution >= 4 is 29.1 Å². The Morgan fingerprint density at radius 1 is 1.04 bits per heavy atom. The standard InChI is InChI=1S/C18H15Cl2NO4/c19-13-5-12(6-14(20)8-13)17-9-21(3-4-23-17)18(22)11-1-2-15-16(7-11)25-10-24-15/h1-2,5-8,17H,3-4,9-10H2/t17-/m1/s1. The average Bonchev–Trinajstić information content (AvgIpc) is 3.08. The summed E-state index contributed by atoms with van der Waals surface area (Å²) < 4.78 is 16.4. The van der Waals surface area contributed by atoms with Crippen molar-refractivity contribution in [2.75, 3.05) is 26.5 Å². The first-order valence-electron chi connectivity index (χ1n) is 7.87. The van der Waals surface area contributed by atoms with Gasteiger partial charge in [-0.2, -0.15) is 0 Å². The number of halogens is 2. The first kappa shape index (κ1) is 16.5. The van der Waals surface area contributed by atoms with Crippen molar-refractivity contribution in [1.82, 2.24) is 4.90 Å². The maximum absolute atomic E-state index is 12.8. The number of morpholine rings is 1. The third kappa shape index (κ3) is 3.40. The summed E-state index contributed by atoms with van der Waals surface area (Å²) in [5.41, 5.74) is 1.43. The van der Waals surface area contributed by atoms with E-state index in [1.54, 1.807) is 29.2 Å². The third-order valence-corrected chi connectivity index (χ3v) is 4.67. The molecule has 2 aromatic rings. The quantitative estimate of drug-likeness (QED) is 0.792. The van der Waals surface area contributed by atoms with Gasteiger partial charge in [0.05, 0.1) is 13.2 Å². The van der Waals surface area contributed by atoms with Crippen LogP contribution in [0.25, 0.3) is 0 Å². The van der Waals surface area contributed by atoms with Crippen LogP contribution in [0.5, 0.6) is 11.5 Å². The Morgan fingerprint density at radius 2 is 1.80 bits per heavy atom. The number of hydrogen-bond acceptors (Lipinski definition) is 4. The van der Waals surface area contributed by atoms with Gasteiger partial charge in [-0.25, -0.2) is 0 Å². The molecule has 7 heteroatoms. The van der Waals surface area contributed by atoms with E-state index < -0.39 is 0 Å². The highest BCUT2D eigenvalue weighted by Gasteiger charge is 2.27. The van der Waals surface area contributed by atoms with Crippen LogP contribution >= 0.6 is 23.2 Å². The summed E-state index contributed by atoms with van der Waals surface area (Å²) in [5, 5.41) is 1.09. The summed E-state index contributed by atoms with van der Waals surface area (Å²) in [5.74, 6) is 1.18. The van der Waals surface area contributed by atoms with Gasteiger partial charge in [0.2, 0.25) is 6.79 Å². The van der Waals surface area contributed by atoms with Crippen molar-refractivity contribution < 1.29 is 19.0 Å². The van der Waals surface area contributed by atoms with E-state index in [1.165, 1.54) is 0 Å². The maximum atomic E-state index is 12.8. The Labute approximate surface area is 155 Å². The minimum Gasteiger partial charge on any atom is -0.454 e. The fraction of sp³-hybridized carbons (Fsp3) is 0.278. The number of fused-ring (bicyclic) bond motifs is 1. The summed E-state index contributed by atoms with van der Waals surface area (Å²) in [4.78, 5) is 14.6. The first-order chi connectivity index (χ1) is 12.1. The molecule has 2 aliphatic rings. The lowest BCUT2D eigenvalue weighted by Gasteiger charge is -2.33. The van der Waals surface area contributed by atoms with Gasteiger partial charge in [-0.05, 0) is 42.0 Å². The Morgan fingerprint density at radius 3 is 2.60 bits per heavy atom. The number of carbonyl (C=O) groups excluding carboxylic acids is 1. The summed E-state index contributed by atoms with van der Waals surface area (Å²) >= 11 is 12.1. The molecule has 0 radical (unpaired) electrons. The summed E-state index contributed by atoms with van der Waals surface area (Å²) in [6.07, 6.45) is -0.261. The zero-order chi connectivity index (χ0) is 17.4. The van der Waals surface area contributed by atoms with Crippen molar-refractivity contribution in [3.05, 3.63) is 57.6 Å². The van der Waals surface area contributed by atoms with Crippen molar-refractivity contribution in [2.45, 2.75) is 6.10 Å². The summed E-state index contributed by atoms with van der Waals surface area (Å²) in [6.45, 7) is 1.59. The molecule has 0 saturated carbocycles. The molecule has 4 rings (SSSR count). The van der Waals surface area contributed by atoms with Gasteiger partial charge in [0.25, 0.3) is 5.91 Å². The van der Waals surface area contributed by atoms with Crippen LogP contribution in [-0.2, 0) is 4.74 Å². The van der Waals surface area contributed by atoms with Crippen molar-refractivity contribution in [1.29, 1.82) is 0 Å². The van der Waals surface area contributed by atoms with Crippen LogP contribution in [0.1, 0.15) is 22.0 Å². The maximum Gasteiger partial charge on any atom is 0.254 e. The van der Waals surface area contributed by atoms with Crippen LogP contribution in [0, 0.1) is 0 Å². The van der Waals surface area contributed by atoms with Crippen LogP contribution in [-0.4, -0.2) is 37.3 Å². The number of hydrogen-bond donors (Lipinski definition) is 0. The summed E-state index contributed by atoms with van der Waals surface area (Å²) in [7, 11) is 0. The van der Waals surface area contributed by atoms with Gasteiger partial charge in [0.15, 0.2) is 11.5 Å². The molecule has 1 fully saturated rings. The van der Waals surface area contributed by atoms with E-state index in [-0.39, 0.29) is 18.8 Å². The molecule has 130 valence electrons. The largest absolute Gasteiger partial charge is 0.454 e. The zero-order valence-electron chi connectivity index (χ0n) is 13.2. The summed E-state index contributed by atoms with van der Waals surface area (Å²) in [6, 6.07) is 10.5. The predicted molar refractivity (Wildman–Crippen MR) is 93.6 cm³/mol. The lowest BCUT2D eigenvalue weighted by Crippen LogP contribution is -2.42. The molecule has 0 aromatic heterocycles. The van der Waals surface area contributed by atoms with Crippen molar-refractivity contribution in [3.8, 4) is 11.5 Å². The van der Waals surface area contributed by atoms with Gasteiger partial charge >= 0.3 is 0 Å². The second kappa shape index (κ2) is 6.75. The Kier molecular flexibility index (Phi) is 4.46. The molecule has 1 saturated heterocycles. The number of carbonyl (C=O) groups is 1. The second-order valence-electron chi connectivity index (χ2n) is 5.88. The molecular formula is C18H15Cl2NO4. The van der Waals surface area contributed by atoms with Gasteiger partial charge in [0, 0.05) is 22.2 Å². The number of ether oxygens (including phenoxy) is 3. The Bertz CT molecular complexity index is 806. The van der Waals surface area contributed by atoms with E-state index in [0.29, 0.717) is 46.8 Å². The molecule has 1 amide bonds. The SMILES string of the molecule is O=C(c1ccc2c(c1)OCO2)N1CCO[C@@H](c2cc(Cl)cc(Cl)c2)C1. The smallest absolute Gasteiger partial charge is 0.254 e. The first-order valence-corrected chi connectivity index (χ1v) is 8.62. The minimum atomic E-state index is -0.261. The molecular weight excluding hydrogens is 365 g/mol. The minimum absolute atomic E-state index is 0.0697. The van der Waals surface area contributed by atoms with Gasteiger partial charge in [-0.15, -0.1) is 0 Å². The van der Waals surface area contributed by atoms with Gasteiger partial charge in [0.1, 0.15) is 6.10 Å². The molecule has 2 aromatic carbocycles. The molecule has 0 spiro atoms. The van der Waals surface area contributed by atoms with Gasteiger partial charge in [-0.1, -0.05) is 23.2 Å². The lowest BCUT2D eigenvalue weighted by molar-refractivity contribution is -0.0228. The van der Waals surface area contributed by atoms with E-state index in [9.17, 15) is 4.79 Å². The van der Waals surface area contributed by atoms with Crippen LogP contribution in [0.15, 0.2) is 36.4 Å². The van der Waals surface area contributed by atoms with E-state index in [4.69, 9.17) is 37.4 Å². The normalized spacial score (nSPS) is 19.1. The van der Waals surface area contributed by atoms with E-state index in [1.807, 2.05) is 12.1 Å². The Balaban J connectivity index is 1.53. The van der Waals surface area contributed by atoms with Crippen LogP contribution in [0.4, 0.5) is 0 Å². The highest BCUT2D eigenvalue weighted by atomic mass is 35.5. The number of benzene rings is 2. The second-order valence-corrected chi connectivity index (χ2v) is 6.75. The molecule has 0 N–H and O–H groups in total. The number of amides is 1. The van der Waals surface area contributed by atoms with Crippen LogP contribution < -0.4 is 9.47 Å². The van der Waals surface area contributed by atoms with Crippen LogP contribution in [0.3, 0.4) is 0 Å². The molecule has 1 atom stereocenters. The molecule has 5 nitrogen and oxygen atoms in total. The van der Waals surface area contributed by atoms with Gasteiger partial charge < -0.3 is 19.1 Å². The average molecular weight is 380 g/mol. The lowest BCUT2D eigenvalue weighted by atomic mass is 10.1. The van der Waals surface area contributed by atoms with Crippen LogP contribution in [0.2, 0.25) is 10.0 Å². The van der Waals surface area contributed by atoms with Crippen molar-refractivity contribution in [3.63, 3.8) is 0 Å². The predicted octanol–water partition coefficient (Wildman–Crippen LogP) is 3.94. The van der Waals surface area contributed by atoms with Gasteiger partial charge in [-0.3, -0.25) is 4.79 Å². The fourth-order valence-corrected chi connectivity index (χ4v) is 3.55. The van der Waals surface area contributed by atoms with E-state index >= 15 is 0 Å². The zero-order valence-corrected chi connectivity index (χ0v) is 14.7. The number of nitrogens with zero attached hydrogens (tertiary/aromatic N) is 1. The molecule has 25 heavy (non-hydrogen) atoms. The molecule has 2 aliphatic heterocycles. The monoisotopic (exact) mass is 379 g/mol. The number of rotatable bonds is 2. The van der Waals surface area contributed by atoms with E-state index in [2.05, 4.69) is 0 Å². The highest BCUT2D eigenvalue weighted by molar-refractivity contribution is 6.34.